The highest BCUT2D eigenvalue weighted by atomic mass is 32.2. The van der Waals surface area contributed by atoms with Crippen molar-refractivity contribution in [2.75, 3.05) is 31.8 Å². The van der Waals surface area contributed by atoms with Crippen LogP contribution in [-0.2, 0) is 4.74 Å². The van der Waals surface area contributed by atoms with Crippen LogP contribution in [0.15, 0.2) is 0 Å². The third-order valence-corrected chi connectivity index (χ3v) is 3.72. The Morgan fingerprint density at radius 1 is 1.29 bits per heavy atom. The topological polar surface area (TPSA) is 21.3 Å². The lowest BCUT2D eigenvalue weighted by Crippen LogP contribution is -2.27. The normalized spacial score (nSPS) is 17.8. The summed E-state index contributed by atoms with van der Waals surface area (Å²) in [5, 5.41) is 3.63. The van der Waals surface area contributed by atoms with E-state index >= 15 is 0 Å². The molecule has 1 rings (SSSR count). The number of rotatable bonds is 8. The fraction of sp³-hybridized carbons (Fsp3) is 1.00. The fourth-order valence-corrected chi connectivity index (χ4v) is 2.69. The van der Waals surface area contributed by atoms with E-state index in [4.69, 9.17) is 4.74 Å². The molecule has 3 heteroatoms. The van der Waals surface area contributed by atoms with Crippen LogP contribution >= 0.6 is 11.8 Å². The van der Waals surface area contributed by atoms with Crippen LogP contribution in [0.3, 0.4) is 0 Å². The SMILES string of the molecule is COCCSCCCNC1CCCC1. The molecule has 0 unspecified atom stereocenters. The molecule has 0 saturated heterocycles. The van der Waals surface area contributed by atoms with Crippen molar-refractivity contribution in [3.05, 3.63) is 0 Å². The van der Waals surface area contributed by atoms with Crippen LogP contribution in [0.1, 0.15) is 32.1 Å². The summed E-state index contributed by atoms with van der Waals surface area (Å²) in [5.74, 6) is 2.41. The van der Waals surface area contributed by atoms with Gasteiger partial charge in [-0.15, -0.1) is 0 Å². The Morgan fingerprint density at radius 2 is 2.07 bits per heavy atom. The summed E-state index contributed by atoms with van der Waals surface area (Å²) in [7, 11) is 1.77. The molecular weight excluding hydrogens is 194 g/mol. The Labute approximate surface area is 92.2 Å². The first-order chi connectivity index (χ1) is 6.93. The van der Waals surface area contributed by atoms with E-state index in [1.54, 1.807) is 7.11 Å². The average molecular weight is 217 g/mol. The van der Waals surface area contributed by atoms with E-state index in [-0.39, 0.29) is 0 Å². The summed E-state index contributed by atoms with van der Waals surface area (Å²) in [4.78, 5) is 0. The minimum atomic E-state index is 0.832. The van der Waals surface area contributed by atoms with Gasteiger partial charge in [-0.3, -0.25) is 0 Å². The van der Waals surface area contributed by atoms with Gasteiger partial charge in [-0.05, 0) is 31.6 Å². The summed E-state index contributed by atoms with van der Waals surface area (Å²) in [5.41, 5.74) is 0. The number of thioether (sulfide) groups is 1. The number of methoxy groups -OCH3 is 1. The molecule has 2 nitrogen and oxygen atoms in total. The molecule has 0 aromatic heterocycles. The van der Waals surface area contributed by atoms with Crippen LogP contribution in [0.4, 0.5) is 0 Å². The van der Waals surface area contributed by atoms with Gasteiger partial charge in [0.25, 0.3) is 0 Å². The minimum absolute atomic E-state index is 0.832. The maximum absolute atomic E-state index is 4.99. The van der Waals surface area contributed by atoms with Crippen molar-refractivity contribution in [3.63, 3.8) is 0 Å². The number of ether oxygens (including phenoxy) is 1. The zero-order valence-corrected chi connectivity index (χ0v) is 10.1. The van der Waals surface area contributed by atoms with E-state index < -0.39 is 0 Å². The number of nitrogens with one attached hydrogen (secondary N) is 1. The van der Waals surface area contributed by atoms with Crippen LogP contribution in [0, 0.1) is 0 Å². The van der Waals surface area contributed by atoms with E-state index in [1.807, 2.05) is 11.8 Å². The zero-order valence-electron chi connectivity index (χ0n) is 9.26. The molecule has 0 bridgehead atoms. The van der Waals surface area contributed by atoms with Crippen LogP contribution in [0.2, 0.25) is 0 Å². The Kier molecular flexibility index (Phi) is 7.55. The standard InChI is InChI=1S/C11H23NOS/c1-13-8-10-14-9-4-7-12-11-5-2-3-6-11/h11-12H,2-10H2,1H3. The highest BCUT2D eigenvalue weighted by molar-refractivity contribution is 7.99. The minimum Gasteiger partial charge on any atom is -0.384 e. The van der Waals surface area contributed by atoms with Crippen LogP contribution in [-0.4, -0.2) is 37.8 Å². The number of hydrogen-bond acceptors (Lipinski definition) is 3. The Morgan fingerprint density at radius 3 is 2.79 bits per heavy atom. The Balaban J connectivity index is 1.75. The Bertz CT molecular complexity index is 126. The van der Waals surface area contributed by atoms with Crippen molar-refractivity contribution < 1.29 is 4.74 Å². The second kappa shape index (κ2) is 8.57. The van der Waals surface area contributed by atoms with Crippen LogP contribution < -0.4 is 5.32 Å². The fourth-order valence-electron chi connectivity index (χ4n) is 1.85. The average Bonchev–Trinajstić information content (AvgIpc) is 2.69. The van der Waals surface area contributed by atoms with Gasteiger partial charge in [0, 0.05) is 18.9 Å². The van der Waals surface area contributed by atoms with E-state index in [0.29, 0.717) is 0 Å². The summed E-state index contributed by atoms with van der Waals surface area (Å²) in [6.45, 7) is 2.09. The predicted molar refractivity (Wildman–Crippen MR) is 64.1 cm³/mol. The van der Waals surface area contributed by atoms with Gasteiger partial charge in [-0.2, -0.15) is 11.8 Å². The van der Waals surface area contributed by atoms with Gasteiger partial charge in [-0.1, -0.05) is 12.8 Å². The molecule has 14 heavy (non-hydrogen) atoms. The summed E-state index contributed by atoms with van der Waals surface area (Å²) < 4.78 is 4.99. The first kappa shape index (κ1) is 12.3. The summed E-state index contributed by atoms with van der Waals surface area (Å²) >= 11 is 2.00. The van der Waals surface area contributed by atoms with Gasteiger partial charge in [0.05, 0.1) is 6.61 Å². The van der Waals surface area contributed by atoms with Crippen molar-refractivity contribution in [1.82, 2.24) is 5.32 Å². The molecule has 0 radical (unpaired) electrons. The largest absolute Gasteiger partial charge is 0.384 e. The van der Waals surface area contributed by atoms with Gasteiger partial charge in [-0.25, -0.2) is 0 Å². The van der Waals surface area contributed by atoms with Crippen LogP contribution in [0.5, 0.6) is 0 Å². The summed E-state index contributed by atoms with van der Waals surface area (Å²) in [6, 6.07) is 0.832. The lowest BCUT2D eigenvalue weighted by atomic mass is 10.2. The van der Waals surface area contributed by atoms with Crippen molar-refractivity contribution >= 4 is 11.8 Å². The van der Waals surface area contributed by atoms with E-state index in [1.165, 1.54) is 44.4 Å². The predicted octanol–water partition coefficient (Wildman–Crippen LogP) is 2.29. The molecule has 0 aliphatic heterocycles. The molecule has 1 N–H and O–H groups in total. The van der Waals surface area contributed by atoms with Gasteiger partial charge >= 0.3 is 0 Å². The van der Waals surface area contributed by atoms with Gasteiger partial charge in [0.2, 0.25) is 0 Å². The van der Waals surface area contributed by atoms with Crippen molar-refractivity contribution in [2.45, 2.75) is 38.1 Å². The van der Waals surface area contributed by atoms with Crippen molar-refractivity contribution in [2.24, 2.45) is 0 Å². The lowest BCUT2D eigenvalue weighted by molar-refractivity contribution is 0.218. The smallest absolute Gasteiger partial charge is 0.0552 e. The van der Waals surface area contributed by atoms with E-state index in [2.05, 4.69) is 5.32 Å². The molecule has 0 spiro atoms. The Hall–Kier alpha value is 0.270. The van der Waals surface area contributed by atoms with E-state index in [9.17, 15) is 0 Å². The van der Waals surface area contributed by atoms with Gasteiger partial charge < -0.3 is 10.1 Å². The molecule has 0 amide bonds. The zero-order chi connectivity index (χ0) is 10.1. The second-order valence-electron chi connectivity index (χ2n) is 3.89. The molecular formula is C11H23NOS. The molecule has 0 atom stereocenters. The second-order valence-corrected chi connectivity index (χ2v) is 5.12. The van der Waals surface area contributed by atoms with Crippen molar-refractivity contribution in [1.29, 1.82) is 0 Å². The molecule has 1 fully saturated rings. The molecule has 1 aliphatic carbocycles. The third kappa shape index (κ3) is 5.89. The molecule has 1 saturated carbocycles. The number of hydrogen-bond donors (Lipinski definition) is 1. The highest BCUT2D eigenvalue weighted by Gasteiger charge is 2.12. The first-order valence-electron chi connectivity index (χ1n) is 5.73. The summed E-state index contributed by atoms with van der Waals surface area (Å²) in [6.07, 6.45) is 6.96. The lowest BCUT2D eigenvalue weighted by Gasteiger charge is -2.10. The van der Waals surface area contributed by atoms with Crippen molar-refractivity contribution in [3.8, 4) is 0 Å². The van der Waals surface area contributed by atoms with Gasteiger partial charge in [0.1, 0.15) is 0 Å². The first-order valence-corrected chi connectivity index (χ1v) is 6.89. The maximum Gasteiger partial charge on any atom is 0.0552 e. The van der Waals surface area contributed by atoms with Gasteiger partial charge in [0.15, 0.2) is 0 Å². The molecule has 0 heterocycles. The third-order valence-electron chi connectivity index (χ3n) is 2.69. The quantitative estimate of drug-likeness (QED) is 0.630. The molecule has 0 aromatic rings. The monoisotopic (exact) mass is 217 g/mol. The van der Waals surface area contributed by atoms with E-state index in [0.717, 1.165) is 18.4 Å². The molecule has 84 valence electrons. The molecule has 1 aliphatic rings. The molecule has 0 aromatic carbocycles. The highest BCUT2D eigenvalue weighted by Crippen LogP contribution is 2.17. The van der Waals surface area contributed by atoms with Crippen LogP contribution in [0.25, 0.3) is 0 Å². The maximum atomic E-state index is 4.99.